The first-order valence-electron chi connectivity index (χ1n) is 11.2. The number of nitrogens with one attached hydrogen (secondary N) is 1. The predicted molar refractivity (Wildman–Crippen MR) is 132 cm³/mol. The minimum absolute atomic E-state index is 0.0981. The molecule has 0 fully saturated rings. The summed E-state index contributed by atoms with van der Waals surface area (Å²) in [6, 6.07) is 7.15. The zero-order chi connectivity index (χ0) is 25.6. The van der Waals surface area contributed by atoms with Crippen LogP contribution in [0.5, 0.6) is 0 Å². The Balaban J connectivity index is 0.00000104. The van der Waals surface area contributed by atoms with E-state index in [1.165, 1.54) is 24.3 Å². The molecular weight excluding hydrogens is 471 g/mol. The van der Waals surface area contributed by atoms with E-state index < -0.39 is 16.7 Å². The van der Waals surface area contributed by atoms with Gasteiger partial charge >= 0.3 is 6.18 Å². The quantitative estimate of drug-likeness (QED) is 0.145. The molecule has 0 bridgehead atoms. The van der Waals surface area contributed by atoms with Gasteiger partial charge in [0, 0.05) is 36.1 Å². The topological polar surface area (TPSA) is 76.8 Å². The first-order valence-corrected chi connectivity index (χ1v) is 11.5. The second kappa shape index (κ2) is 15.3. The number of halogens is 4. The van der Waals surface area contributed by atoms with Crippen molar-refractivity contribution < 1.29 is 22.8 Å². The van der Waals surface area contributed by atoms with Crippen molar-refractivity contribution in [3.8, 4) is 11.1 Å². The maximum Gasteiger partial charge on any atom is 0.416 e. The molecule has 34 heavy (non-hydrogen) atoms. The maximum absolute atomic E-state index is 12.8. The minimum atomic E-state index is -4.50. The summed E-state index contributed by atoms with van der Waals surface area (Å²) in [6.45, 7) is 7.78. The molecule has 0 spiro atoms. The minimum Gasteiger partial charge on any atom is -0.382 e. The Bertz CT molecular complexity index is 935. The summed E-state index contributed by atoms with van der Waals surface area (Å²) in [7, 11) is 0. The lowest BCUT2D eigenvalue weighted by molar-refractivity contribution is -0.383. The number of nitro benzene ring substituents is 1. The van der Waals surface area contributed by atoms with E-state index in [1.807, 2.05) is 13.8 Å². The lowest BCUT2D eigenvalue weighted by atomic mass is 10.0. The Hall–Kier alpha value is -2.65. The van der Waals surface area contributed by atoms with Gasteiger partial charge < -0.3 is 4.74 Å². The zero-order valence-corrected chi connectivity index (χ0v) is 20.4. The van der Waals surface area contributed by atoms with Gasteiger partial charge in [-0.15, -0.1) is 0 Å². The Labute approximate surface area is 203 Å². The van der Waals surface area contributed by atoms with Gasteiger partial charge in [0.1, 0.15) is 5.69 Å². The van der Waals surface area contributed by atoms with Crippen molar-refractivity contribution in [2.45, 2.75) is 59.1 Å². The molecule has 188 valence electrons. The van der Waals surface area contributed by atoms with E-state index in [9.17, 15) is 23.3 Å². The van der Waals surface area contributed by atoms with Crippen molar-refractivity contribution in [2.24, 2.45) is 5.10 Å². The number of nitrogens with zero attached hydrogens (tertiary/aromatic N) is 2. The van der Waals surface area contributed by atoms with Crippen LogP contribution in [0, 0.1) is 10.1 Å². The fraction of sp³-hybridized carbons (Fsp3) is 0.458. The van der Waals surface area contributed by atoms with Gasteiger partial charge in [-0.25, -0.2) is 0 Å². The summed E-state index contributed by atoms with van der Waals surface area (Å²) in [5.74, 6) is 0. The molecular formula is C24H31ClF3N3O3. The number of benzene rings is 2. The number of hydrazone groups is 1. The summed E-state index contributed by atoms with van der Waals surface area (Å²) in [5.41, 5.74) is 2.51. The Morgan fingerprint density at radius 3 is 2.32 bits per heavy atom. The number of anilines is 1. The molecule has 0 aliphatic carbocycles. The molecule has 0 atom stereocenters. The molecule has 2 aromatic carbocycles. The van der Waals surface area contributed by atoms with E-state index in [1.54, 1.807) is 6.21 Å². The van der Waals surface area contributed by atoms with Crippen LogP contribution in [-0.4, -0.2) is 24.4 Å². The van der Waals surface area contributed by atoms with E-state index in [0.717, 1.165) is 57.5 Å². The van der Waals surface area contributed by atoms with Crippen LogP contribution in [0.3, 0.4) is 0 Å². The second-order valence-electron chi connectivity index (χ2n) is 7.24. The summed E-state index contributed by atoms with van der Waals surface area (Å²) in [6.07, 6.45) is 2.22. The van der Waals surface area contributed by atoms with E-state index in [0.29, 0.717) is 11.1 Å². The van der Waals surface area contributed by atoms with Gasteiger partial charge in [0.05, 0.1) is 10.5 Å². The Morgan fingerprint density at radius 1 is 1.09 bits per heavy atom. The molecule has 10 heteroatoms. The molecule has 0 saturated heterocycles. The van der Waals surface area contributed by atoms with Gasteiger partial charge in [-0.05, 0) is 56.5 Å². The Morgan fingerprint density at radius 2 is 1.79 bits per heavy atom. The highest BCUT2D eigenvalue weighted by Crippen LogP contribution is 2.37. The largest absolute Gasteiger partial charge is 0.416 e. The molecule has 0 aliphatic rings. The normalized spacial score (nSPS) is 11.3. The van der Waals surface area contributed by atoms with Gasteiger partial charge in [-0.1, -0.05) is 43.9 Å². The number of rotatable bonds is 11. The van der Waals surface area contributed by atoms with Crippen molar-refractivity contribution in [3.63, 3.8) is 0 Å². The number of hydrogen-bond acceptors (Lipinski definition) is 5. The fourth-order valence-corrected chi connectivity index (χ4v) is 3.21. The van der Waals surface area contributed by atoms with Crippen molar-refractivity contribution in [1.82, 2.24) is 0 Å². The van der Waals surface area contributed by atoms with Crippen molar-refractivity contribution in [1.29, 1.82) is 0 Å². The molecule has 0 saturated carbocycles. The molecule has 6 nitrogen and oxygen atoms in total. The van der Waals surface area contributed by atoms with E-state index >= 15 is 0 Å². The van der Waals surface area contributed by atoms with Crippen molar-refractivity contribution in [3.05, 3.63) is 57.1 Å². The van der Waals surface area contributed by atoms with Crippen LogP contribution in [-0.2, 0) is 10.9 Å². The number of ether oxygens (including phenoxy) is 1. The van der Waals surface area contributed by atoms with Crippen LogP contribution in [0.2, 0.25) is 5.02 Å². The van der Waals surface area contributed by atoms with Gasteiger partial charge in [-0.3, -0.25) is 15.5 Å². The molecule has 0 aliphatic heterocycles. The highest BCUT2D eigenvalue weighted by atomic mass is 35.5. The molecule has 1 N–H and O–H groups in total. The predicted octanol–water partition coefficient (Wildman–Crippen LogP) is 8.34. The number of nitro groups is 1. The van der Waals surface area contributed by atoms with Crippen LogP contribution in [0.4, 0.5) is 24.5 Å². The third-order valence-electron chi connectivity index (χ3n) is 4.67. The first kappa shape index (κ1) is 29.4. The van der Waals surface area contributed by atoms with Gasteiger partial charge in [-0.2, -0.15) is 18.3 Å². The summed E-state index contributed by atoms with van der Waals surface area (Å²) >= 11 is 6.03. The highest BCUT2D eigenvalue weighted by molar-refractivity contribution is 6.33. The highest BCUT2D eigenvalue weighted by Gasteiger charge is 2.31. The summed E-state index contributed by atoms with van der Waals surface area (Å²) < 4.78 is 43.3. The van der Waals surface area contributed by atoms with Crippen molar-refractivity contribution in [2.75, 3.05) is 18.6 Å². The smallest absolute Gasteiger partial charge is 0.382 e. The van der Waals surface area contributed by atoms with Crippen LogP contribution >= 0.6 is 11.6 Å². The summed E-state index contributed by atoms with van der Waals surface area (Å²) in [5, 5.41) is 15.2. The molecule has 0 amide bonds. The van der Waals surface area contributed by atoms with Crippen LogP contribution in [0.15, 0.2) is 41.5 Å². The average Bonchev–Trinajstić information content (AvgIpc) is 2.78. The molecule has 0 radical (unpaired) electrons. The third kappa shape index (κ3) is 10.1. The lowest BCUT2D eigenvalue weighted by Crippen LogP contribution is -2.04. The standard InChI is InChI=1S/C20H21ClF3N3O2.C4H10O/c1-2-3-4-5-6-11-25-26-18-12-14(7-10-19(18)27(28)29)16-9-8-15(13-17(16)21)20(22,23)24;1-3-5-4-2/h7-13,26H,2-6H2,1H3;3-4H2,1-2H3/b25-11-;. The van der Waals surface area contributed by atoms with E-state index in [-0.39, 0.29) is 16.4 Å². The third-order valence-corrected chi connectivity index (χ3v) is 4.98. The number of alkyl halides is 3. The van der Waals surface area contributed by atoms with Gasteiger partial charge in [0.25, 0.3) is 5.69 Å². The zero-order valence-electron chi connectivity index (χ0n) is 19.6. The molecule has 0 unspecified atom stereocenters. The van der Waals surface area contributed by atoms with Gasteiger partial charge in [0.15, 0.2) is 0 Å². The van der Waals surface area contributed by atoms with Crippen LogP contribution < -0.4 is 5.43 Å². The second-order valence-corrected chi connectivity index (χ2v) is 7.64. The lowest BCUT2D eigenvalue weighted by Gasteiger charge is -2.11. The van der Waals surface area contributed by atoms with E-state index in [4.69, 9.17) is 16.3 Å². The first-order chi connectivity index (χ1) is 16.1. The number of unbranched alkanes of at least 4 members (excludes halogenated alkanes) is 4. The van der Waals surface area contributed by atoms with Gasteiger partial charge in [0.2, 0.25) is 0 Å². The molecule has 2 aromatic rings. The SMILES string of the molecule is CCCCCC/C=N\Nc1cc(-c2ccc(C(F)(F)F)cc2Cl)ccc1[N+](=O)[O-].CCOCC. The Kier molecular flexibility index (Phi) is 13.2. The van der Waals surface area contributed by atoms with Crippen LogP contribution in [0.25, 0.3) is 11.1 Å². The van der Waals surface area contributed by atoms with Crippen molar-refractivity contribution >= 4 is 29.2 Å². The molecule has 2 rings (SSSR count). The number of hydrogen-bond donors (Lipinski definition) is 1. The van der Waals surface area contributed by atoms with Crippen LogP contribution in [0.1, 0.15) is 58.4 Å². The summed E-state index contributed by atoms with van der Waals surface area (Å²) in [4.78, 5) is 10.7. The molecule has 0 heterocycles. The molecule has 0 aromatic heterocycles. The fourth-order valence-electron chi connectivity index (χ4n) is 2.92. The maximum atomic E-state index is 12.8. The monoisotopic (exact) mass is 501 g/mol. The average molecular weight is 502 g/mol. The van der Waals surface area contributed by atoms with E-state index in [2.05, 4.69) is 17.5 Å².